The van der Waals surface area contributed by atoms with Crippen molar-refractivity contribution in [3.8, 4) is 0 Å². The Hall–Kier alpha value is -0.910. The maximum atomic E-state index is 12.5. The van der Waals surface area contributed by atoms with Gasteiger partial charge in [0, 0.05) is 0 Å². The smallest absolute Gasteiger partial charge is 0.222 e. The molecule has 0 spiro atoms. The third-order valence-corrected chi connectivity index (χ3v) is 13.1. The molecule has 0 radical (unpaired) electrons. The van der Waals surface area contributed by atoms with Crippen LogP contribution in [0.5, 0.6) is 0 Å². The van der Waals surface area contributed by atoms with E-state index < -0.39 is 18.2 Å². The van der Waals surface area contributed by atoms with E-state index in [0.29, 0.717) is 6.42 Å². The number of rotatable bonds is 51. The number of allylic oxidation sites excluding steroid dienone is 1. The zero-order chi connectivity index (χ0) is 43.7. The summed E-state index contributed by atoms with van der Waals surface area (Å²) in [6.07, 6.45) is 62.5. The summed E-state index contributed by atoms with van der Waals surface area (Å²) in [6, 6.07) is -0.741. The molecule has 0 aliphatic rings. The fourth-order valence-electron chi connectivity index (χ4n) is 8.87. The highest BCUT2D eigenvalue weighted by Gasteiger charge is 2.20. The minimum atomic E-state index is -0.926. The minimum absolute atomic E-state index is 0.0195. The van der Waals surface area contributed by atoms with Crippen molar-refractivity contribution < 1.29 is 20.1 Å². The van der Waals surface area contributed by atoms with Crippen LogP contribution in [0.1, 0.15) is 309 Å². The zero-order valence-corrected chi connectivity index (χ0v) is 40.9. The van der Waals surface area contributed by atoms with Gasteiger partial charge in [-0.1, -0.05) is 296 Å². The van der Waals surface area contributed by atoms with Gasteiger partial charge >= 0.3 is 0 Å². The molecule has 5 nitrogen and oxygen atoms in total. The first-order valence-electron chi connectivity index (χ1n) is 27.5. The summed E-state index contributed by atoms with van der Waals surface area (Å²) < 4.78 is 0. The van der Waals surface area contributed by atoms with Crippen molar-refractivity contribution in [2.24, 2.45) is 0 Å². The number of nitrogens with one attached hydrogen (secondary N) is 1. The Morgan fingerprint density at radius 3 is 0.967 bits per heavy atom. The number of hydrogen-bond donors (Lipinski definition) is 4. The average molecular weight is 848 g/mol. The van der Waals surface area contributed by atoms with Crippen molar-refractivity contribution in [3.05, 3.63) is 12.2 Å². The van der Waals surface area contributed by atoms with Crippen LogP contribution in [0, 0.1) is 0 Å². The van der Waals surface area contributed by atoms with Crippen LogP contribution in [0.25, 0.3) is 0 Å². The predicted molar refractivity (Wildman–Crippen MR) is 264 cm³/mol. The topological polar surface area (TPSA) is 89.8 Å². The molecule has 0 bridgehead atoms. The zero-order valence-electron chi connectivity index (χ0n) is 40.9. The first kappa shape index (κ1) is 59.1. The summed E-state index contributed by atoms with van der Waals surface area (Å²) in [6.45, 7) is 4.26. The van der Waals surface area contributed by atoms with Crippen LogP contribution in [-0.4, -0.2) is 46.1 Å². The number of aliphatic hydroxyl groups is 3. The van der Waals surface area contributed by atoms with Gasteiger partial charge in [0.15, 0.2) is 0 Å². The van der Waals surface area contributed by atoms with Crippen LogP contribution in [0.2, 0.25) is 0 Å². The fraction of sp³-hybridized carbons (Fsp3) is 0.945. The molecule has 0 aliphatic heterocycles. The van der Waals surface area contributed by atoms with Crippen LogP contribution >= 0.6 is 0 Å². The average Bonchev–Trinajstić information content (AvgIpc) is 3.24. The number of carbonyl (C=O) groups excluding carboxylic acids is 1. The molecule has 0 heterocycles. The monoisotopic (exact) mass is 848 g/mol. The predicted octanol–water partition coefficient (Wildman–Crippen LogP) is 16.7. The van der Waals surface area contributed by atoms with E-state index in [2.05, 4.69) is 19.2 Å². The summed E-state index contributed by atoms with van der Waals surface area (Å²) in [7, 11) is 0. The van der Waals surface area contributed by atoms with E-state index in [4.69, 9.17) is 0 Å². The molecule has 1 amide bonds. The Morgan fingerprint density at radius 1 is 0.417 bits per heavy atom. The Labute approximate surface area is 376 Å². The highest BCUT2D eigenvalue weighted by Crippen LogP contribution is 2.18. The van der Waals surface area contributed by atoms with E-state index in [-0.39, 0.29) is 18.9 Å². The first-order chi connectivity index (χ1) is 29.5. The lowest BCUT2D eigenvalue weighted by Gasteiger charge is -2.21. The number of carbonyl (C=O) groups is 1. The van der Waals surface area contributed by atoms with Crippen molar-refractivity contribution in [3.63, 3.8) is 0 Å². The maximum absolute atomic E-state index is 12.5. The number of aliphatic hydroxyl groups excluding tert-OH is 3. The van der Waals surface area contributed by atoms with Crippen LogP contribution in [-0.2, 0) is 4.79 Å². The molecule has 3 atom stereocenters. The molecule has 0 aromatic rings. The summed E-state index contributed by atoms with van der Waals surface area (Å²) in [5.41, 5.74) is 0. The van der Waals surface area contributed by atoms with Gasteiger partial charge < -0.3 is 20.6 Å². The molecule has 0 aromatic carbocycles. The Bertz CT molecular complexity index is 848. The Kier molecular flexibility index (Phi) is 50.0. The summed E-state index contributed by atoms with van der Waals surface area (Å²) in [4.78, 5) is 12.5. The molecule has 358 valence electrons. The van der Waals surface area contributed by atoms with Gasteiger partial charge in [-0.3, -0.25) is 4.79 Å². The molecule has 0 aromatic heterocycles. The van der Waals surface area contributed by atoms with E-state index in [0.717, 1.165) is 25.7 Å². The summed E-state index contributed by atoms with van der Waals surface area (Å²) >= 11 is 0. The van der Waals surface area contributed by atoms with Gasteiger partial charge in [-0.15, -0.1) is 0 Å². The van der Waals surface area contributed by atoms with E-state index in [1.165, 1.54) is 257 Å². The molecule has 3 unspecified atom stereocenters. The molecular formula is C55H109NO4. The van der Waals surface area contributed by atoms with Gasteiger partial charge in [-0.2, -0.15) is 0 Å². The van der Waals surface area contributed by atoms with E-state index in [1.54, 1.807) is 6.08 Å². The summed E-state index contributed by atoms with van der Waals surface area (Å²) in [5.74, 6) is -0.308. The lowest BCUT2D eigenvalue weighted by molar-refractivity contribution is -0.124. The van der Waals surface area contributed by atoms with E-state index in [1.807, 2.05) is 6.08 Å². The quantitative estimate of drug-likeness (QED) is 0.0363. The Balaban J connectivity index is 3.55. The van der Waals surface area contributed by atoms with Crippen molar-refractivity contribution in [1.29, 1.82) is 0 Å². The largest absolute Gasteiger partial charge is 0.394 e. The van der Waals surface area contributed by atoms with Crippen LogP contribution < -0.4 is 5.32 Å². The molecule has 0 aliphatic carbocycles. The van der Waals surface area contributed by atoms with Gasteiger partial charge in [0.1, 0.15) is 0 Å². The highest BCUT2D eigenvalue weighted by molar-refractivity contribution is 5.76. The molecule has 0 fully saturated rings. The summed E-state index contributed by atoms with van der Waals surface area (Å²) in [5, 5.41) is 33.5. The molecule has 0 saturated heterocycles. The second-order valence-electron chi connectivity index (χ2n) is 19.2. The van der Waals surface area contributed by atoms with Gasteiger partial charge in [-0.05, 0) is 19.3 Å². The van der Waals surface area contributed by atoms with Crippen molar-refractivity contribution in [1.82, 2.24) is 5.32 Å². The van der Waals surface area contributed by atoms with Gasteiger partial charge in [-0.25, -0.2) is 0 Å². The molecule has 5 heteroatoms. The van der Waals surface area contributed by atoms with Crippen LogP contribution in [0.15, 0.2) is 12.2 Å². The molecule has 0 saturated carbocycles. The van der Waals surface area contributed by atoms with Gasteiger partial charge in [0.05, 0.1) is 31.3 Å². The van der Waals surface area contributed by atoms with Crippen LogP contribution in [0.3, 0.4) is 0 Å². The minimum Gasteiger partial charge on any atom is -0.394 e. The lowest BCUT2D eigenvalue weighted by atomic mass is 10.0. The number of unbranched alkanes of at least 4 members (excludes halogenated alkanes) is 42. The second-order valence-corrected chi connectivity index (χ2v) is 19.2. The third-order valence-electron chi connectivity index (χ3n) is 13.1. The third kappa shape index (κ3) is 46.6. The molecular weight excluding hydrogens is 739 g/mol. The normalized spacial score (nSPS) is 13.3. The van der Waals surface area contributed by atoms with E-state index >= 15 is 0 Å². The number of amides is 1. The first-order valence-corrected chi connectivity index (χ1v) is 27.5. The standard InChI is InChI=1S/C55H109NO4/c1-3-5-7-9-11-13-15-17-19-21-23-25-27-29-31-33-35-37-39-41-43-45-47-49-54(59)53(51-57)56-55(60)50-52(58)48-46-44-42-40-38-36-34-32-30-28-26-24-22-20-18-16-14-12-10-8-6-4-2/h47,49,52-54,57-59H,3-46,48,50-51H2,1-2H3,(H,56,60)/b49-47+. The van der Waals surface area contributed by atoms with Crippen molar-refractivity contribution in [2.45, 2.75) is 327 Å². The SMILES string of the molecule is CCCCCCCCCCCCCCCCCCCCCCC/C=C/C(O)C(CO)NC(=O)CC(O)CCCCCCCCCCCCCCCCCCCCCCCC. The van der Waals surface area contributed by atoms with Gasteiger partial charge in [0.2, 0.25) is 5.91 Å². The Morgan fingerprint density at radius 2 is 0.683 bits per heavy atom. The maximum Gasteiger partial charge on any atom is 0.222 e. The second kappa shape index (κ2) is 50.7. The fourth-order valence-corrected chi connectivity index (χ4v) is 8.87. The molecule has 4 N–H and O–H groups in total. The van der Waals surface area contributed by atoms with Crippen molar-refractivity contribution >= 4 is 5.91 Å². The van der Waals surface area contributed by atoms with Crippen molar-refractivity contribution in [2.75, 3.05) is 6.61 Å². The highest BCUT2D eigenvalue weighted by atomic mass is 16.3. The van der Waals surface area contributed by atoms with E-state index in [9.17, 15) is 20.1 Å². The van der Waals surface area contributed by atoms with Gasteiger partial charge in [0.25, 0.3) is 0 Å². The van der Waals surface area contributed by atoms with Crippen LogP contribution in [0.4, 0.5) is 0 Å². The number of hydrogen-bond acceptors (Lipinski definition) is 4. The molecule has 60 heavy (non-hydrogen) atoms. The lowest BCUT2D eigenvalue weighted by Crippen LogP contribution is -2.45. The molecule has 0 rings (SSSR count).